The van der Waals surface area contributed by atoms with Crippen LogP contribution in [0.2, 0.25) is 10.0 Å². The largest absolute Gasteiger partial charge is 0.462 e. The molecule has 4 aromatic rings. The molecule has 0 radical (unpaired) electrons. The molecule has 0 aliphatic carbocycles. The van der Waals surface area contributed by atoms with Gasteiger partial charge in [-0.1, -0.05) is 23.2 Å². The van der Waals surface area contributed by atoms with Gasteiger partial charge in [-0.3, -0.25) is 9.36 Å². The summed E-state index contributed by atoms with van der Waals surface area (Å²) in [6, 6.07) is 6.59. The Labute approximate surface area is 162 Å². The summed E-state index contributed by atoms with van der Waals surface area (Å²) in [4.78, 5) is 29.2. The number of carbonyl (C=O) groups excluding carboxylic acids is 1. The van der Waals surface area contributed by atoms with Crippen LogP contribution in [-0.2, 0) is 4.74 Å². The first kappa shape index (κ1) is 17.5. The molecule has 0 spiro atoms. The van der Waals surface area contributed by atoms with E-state index in [0.717, 1.165) is 0 Å². The molecule has 0 unspecified atom stereocenters. The van der Waals surface area contributed by atoms with Gasteiger partial charge in [-0.25, -0.2) is 14.3 Å². The van der Waals surface area contributed by atoms with Gasteiger partial charge in [-0.05, 0) is 31.2 Å². The maximum Gasteiger partial charge on any atom is 0.343 e. The van der Waals surface area contributed by atoms with Crippen LogP contribution in [0.4, 0.5) is 0 Å². The third-order valence-electron chi connectivity index (χ3n) is 4.06. The maximum atomic E-state index is 13.0. The molecule has 0 bridgehead atoms. The van der Waals surface area contributed by atoms with Crippen LogP contribution >= 0.6 is 23.2 Å². The van der Waals surface area contributed by atoms with Gasteiger partial charge >= 0.3 is 5.97 Å². The zero-order valence-electron chi connectivity index (χ0n) is 14.0. The number of hydrogen-bond donors (Lipinski definition) is 0. The van der Waals surface area contributed by atoms with Crippen LogP contribution in [0.15, 0.2) is 47.7 Å². The number of rotatable bonds is 3. The monoisotopic (exact) mass is 402 g/mol. The van der Waals surface area contributed by atoms with Crippen molar-refractivity contribution in [3.63, 3.8) is 0 Å². The van der Waals surface area contributed by atoms with Gasteiger partial charge in [0.25, 0.3) is 5.56 Å². The molecular weight excluding hydrogens is 391 g/mol. The molecule has 0 fully saturated rings. The van der Waals surface area contributed by atoms with E-state index in [1.165, 1.54) is 21.5 Å². The van der Waals surface area contributed by atoms with Crippen LogP contribution in [0.1, 0.15) is 17.3 Å². The Morgan fingerprint density at radius 3 is 2.78 bits per heavy atom. The van der Waals surface area contributed by atoms with Crippen LogP contribution < -0.4 is 5.56 Å². The molecule has 7 nitrogen and oxygen atoms in total. The lowest BCUT2D eigenvalue weighted by Gasteiger charge is -2.10. The van der Waals surface area contributed by atoms with E-state index in [9.17, 15) is 9.59 Å². The molecule has 3 aromatic heterocycles. The smallest absolute Gasteiger partial charge is 0.343 e. The van der Waals surface area contributed by atoms with Crippen molar-refractivity contribution in [2.24, 2.45) is 0 Å². The lowest BCUT2D eigenvalue weighted by atomic mass is 10.2. The SMILES string of the molecule is CCOC(=O)c1cnn2c1ncc1c(=O)n(-c3ccc(Cl)cc3Cl)ccc12. The molecule has 9 heteroatoms. The number of benzene rings is 1. The number of halogens is 2. The average molecular weight is 403 g/mol. The van der Waals surface area contributed by atoms with Crippen molar-refractivity contribution in [2.75, 3.05) is 6.61 Å². The van der Waals surface area contributed by atoms with Crippen molar-refractivity contribution in [1.82, 2.24) is 19.2 Å². The second kappa shape index (κ2) is 6.68. The van der Waals surface area contributed by atoms with Gasteiger partial charge in [0.05, 0.1) is 34.4 Å². The Balaban J connectivity index is 1.93. The first-order chi connectivity index (χ1) is 13.0. The highest BCUT2D eigenvalue weighted by Crippen LogP contribution is 2.24. The number of carbonyl (C=O) groups is 1. The second-order valence-electron chi connectivity index (χ2n) is 5.66. The van der Waals surface area contributed by atoms with Crippen molar-refractivity contribution in [3.8, 4) is 5.69 Å². The number of fused-ring (bicyclic) bond motifs is 3. The zero-order chi connectivity index (χ0) is 19.1. The molecule has 136 valence electrons. The minimum absolute atomic E-state index is 0.240. The van der Waals surface area contributed by atoms with E-state index in [4.69, 9.17) is 27.9 Å². The minimum atomic E-state index is -0.513. The van der Waals surface area contributed by atoms with Gasteiger partial charge in [0.2, 0.25) is 0 Å². The van der Waals surface area contributed by atoms with Gasteiger partial charge in [0.15, 0.2) is 5.65 Å². The Kier molecular flexibility index (Phi) is 4.33. The predicted octanol–water partition coefficient (Wildman–Crippen LogP) is 3.52. The molecule has 0 aliphatic rings. The van der Waals surface area contributed by atoms with Crippen LogP contribution in [0, 0.1) is 0 Å². The molecule has 4 rings (SSSR count). The summed E-state index contributed by atoms with van der Waals surface area (Å²) in [5.74, 6) is -0.513. The maximum absolute atomic E-state index is 13.0. The number of hydrogen-bond acceptors (Lipinski definition) is 5. The zero-order valence-corrected chi connectivity index (χ0v) is 15.5. The third kappa shape index (κ3) is 2.85. The van der Waals surface area contributed by atoms with Crippen molar-refractivity contribution in [2.45, 2.75) is 6.92 Å². The highest BCUT2D eigenvalue weighted by atomic mass is 35.5. The number of nitrogens with zero attached hydrogens (tertiary/aromatic N) is 4. The van der Waals surface area contributed by atoms with E-state index in [1.807, 2.05) is 0 Å². The van der Waals surface area contributed by atoms with E-state index in [2.05, 4.69) is 10.1 Å². The van der Waals surface area contributed by atoms with Crippen LogP contribution in [-0.4, -0.2) is 31.7 Å². The summed E-state index contributed by atoms with van der Waals surface area (Å²) < 4.78 is 7.85. The van der Waals surface area contributed by atoms with Crippen LogP contribution in [0.3, 0.4) is 0 Å². The van der Waals surface area contributed by atoms with Crippen molar-refractivity contribution in [3.05, 3.63) is 68.8 Å². The van der Waals surface area contributed by atoms with E-state index in [0.29, 0.717) is 32.3 Å². The van der Waals surface area contributed by atoms with Gasteiger partial charge in [0, 0.05) is 17.4 Å². The fourth-order valence-corrected chi connectivity index (χ4v) is 3.33. The summed E-state index contributed by atoms with van der Waals surface area (Å²) in [6.07, 6.45) is 4.38. The average Bonchev–Trinajstić information content (AvgIpc) is 3.07. The quantitative estimate of drug-likeness (QED) is 0.489. The number of pyridine rings is 1. The number of aromatic nitrogens is 4. The summed E-state index contributed by atoms with van der Waals surface area (Å²) in [5.41, 5.74) is 1.26. The van der Waals surface area contributed by atoms with Crippen molar-refractivity contribution >= 4 is 45.7 Å². The summed E-state index contributed by atoms with van der Waals surface area (Å²) in [6.45, 7) is 1.97. The highest BCUT2D eigenvalue weighted by molar-refractivity contribution is 6.35. The Morgan fingerprint density at radius 1 is 1.22 bits per heavy atom. The van der Waals surface area contributed by atoms with E-state index in [-0.39, 0.29) is 17.7 Å². The molecule has 0 aliphatic heterocycles. The lowest BCUT2D eigenvalue weighted by Crippen LogP contribution is -2.19. The van der Waals surface area contributed by atoms with Crippen molar-refractivity contribution in [1.29, 1.82) is 0 Å². The minimum Gasteiger partial charge on any atom is -0.462 e. The normalized spacial score (nSPS) is 11.2. The molecule has 0 saturated carbocycles. The third-order valence-corrected chi connectivity index (χ3v) is 4.60. The molecule has 0 saturated heterocycles. The summed E-state index contributed by atoms with van der Waals surface area (Å²) >= 11 is 12.1. The van der Waals surface area contributed by atoms with Crippen LogP contribution in [0.5, 0.6) is 0 Å². The Morgan fingerprint density at radius 2 is 2.04 bits per heavy atom. The second-order valence-corrected chi connectivity index (χ2v) is 6.50. The molecule has 27 heavy (non-hydrogen) atoms. The molecule has 1 aromatic carbocycles. The molecule has 3 heterocycles. The van der Waals surface area contributed by atoms with Gasteiger partial charge in [-0.15, -0.1) is 0 Å². The molecule has 0 atom stereocenters. The predicted molar refractivity (Wildman–Crippen MR) is 102 cm³/mol. The number of ether oxygens (including phenoxy) is 1. The van der Waals surface area contributed by atoms with E-state index in [1.54, 1.807) is 37.4 Å². The number of esters is 1. The summed E-state index contributed by atoms with van der Waals surface area (Å²) in [7, 11) is 0. The van der Waals surface area contributed by atoms with Gasteiger partial charge in [0.1, 0.15) is 5.56 Å². The Hall–Kier alpha value is -2.90. The van der Waals surface area contributed by atoms with Crippen LogP contribution in [0.25, 0.3) is 22.2 Å². The standard InChI is InChI=1S/C18H12Cl2N4O3/c1-2-27-18(26)12-9-22-24-14-5-6-23(15-4-3-10(19)7-13(15)20)17(25)11(14)8-21-16(12)24/h3-9H,2H2,1H3. The summed E-state index contributed by atoms with van der Waals surface area (Å²) in [5, 5.41) is 5.34. The van der Waals surface area contributed by atoms with Gasteiger partial charge in [-0.2, -0.15) is 5.10 Å². The van der Waals surface area contributed by atoms with Crippen molar-refractivity contribution < 1.29 is 9.53 Å². The lowest BCUT2D eigenvalue weighted by molar-refractivity contribution is 0.0528. The molecule has 0 N–H and O–H groups in total. The first-order valence-electron chi connectivity index (χ1n) is 8.02. The first-order valence-corrected chi connectivity index (χ1v) is 8.77. The fourth-order valence-electron chi connectivity index (χ4n) is 2.84. The topological polar surface area (TPSA) is 78.5 Å². The Bertz CT molecular complexity index is 1260. The van der Waals surface area contributed by atoms with E-state index >= 15 is 0 Å². The molecule has 0 amide bonds. The van der Waals surface area contributed by atoms with Gasteiger partial charge < -0.3 is 4.74 Å². The van der Waals surface area contributed by atoms with E-state index < -0.39 is 5.97 Å². The fraction of sp³-hybridized carbons (Fsp3) is 0.111. The highest BCUT2D eigenvalue weighted by Gasteiger charge is 2.18. The molecular formula is C18H12Cl2N4O3.